The van der Waals surface area contributed by atoms with E-state index >= 15 is 0 Å². The number of aromatic nitrogens is 2. The molecular formula is C14H13N3O. The van der Waals surface area contributed by atoms with E-state index < -0.39 is 0 Å². The van der Waals surface area contributed by atoms with Gasteiger partial charge in [0.05, 0.1) is 0 Å². The van der Waals surface area contributed by atoms with E-state index in [0.717, 1.165) is 34.7 Å². The van der Waals surface area contributed by atoms with Gasteiger partial charge in [-0.2, -0.15) is 0 Å². The third-order valence-electron chi connectivity index (χ3n) is 2.79. The Labute approximate surface area is 104 Å². The zero-order valence-electron chi connectivity index (χ0n) is 10.1. The molecule has 0 aliphatic carbocycles. The van der Waals surface area contributed by atoms with E-state index in [2.05, 4.69) is 9.97 Å². The molecule has 2 aromatic heterocycles. The predicted octanol–water partition coefficient (Wildman–Crippen LogP) is 3.03. The summed E-state index contributed by atoms with van der Waals surface area (Å²) in [4.78, 5) is 8.59. The van der Waals surface area contributed by atoms with Gasteiger partial charge in [-0.15, -0.1) is 0 Å². The van der Waals surface area contributed by atoms with Crippen LogP contribution in [0.5, 0.6) is 0 Å². The summed E-state index contributed by atoms with van der Waals surface area (Å²) in [5, 5.41) is 1.06. The summed E-state index contributed by atoms with van der Waals surface area (Å²) in [5.74, 6) is 1.92. The topological polar surface area (TPSA) is 64.9 Å². The van der Waals surface area contributed by atoms with Crippen molar-refractivity contribution in [1.82, 2.24) is 9.97 Å². The van der Waals surface area contributed by atoms with Crippen LogP contribution in [0.1, 0.15) is 12.7 Å². The van der Waals surface area contributed by atoms with E-state index in [1.807, 2.05) is 37.3 Å². The number of nitrogens with zero attached hydrogens (tertiary/aromatic N) is 2. The molecule has 1 aromatic carbocycles. The Morgan fingerprint density at radius 1 is 1.17 bits per heavy atom. The molecular weight excluding hydrogens is 226 g/mol. The van der Waals surface area contributed by atoms with Gasteiger partial charge in [-0.1, -0.05) is 25.1 Å². The van der Waals surface area contributed by atoms with Crippen LogP contribution < -0.4 is 5.73 Å². The molecule has 0 amide bonds. The lowest BCUT2D eigenvalue weighted by Crippen LogP contribution is -1.99. The fraction of sp³-hybridized carbons (Fsp3) is 0.143. The van der Waals surface area contributed by atoms with Crippen LogP contribution in [-0.2, 0) is 6.42 Å². The van der Waals surface area contributed by atoms with Crippen LogP contribution in [0, 0.1) is 0 Å². The number of furan rings is 1. The molecule has 0 bridgehead atoms. The van der Waals surface area contributed by atoms with Crippen LogP contribution in [0.15, 0.2) is 40.8 Å². The molecule has 0 saturated carbocycles. The van der Waals surface area contributed by atoms with E-state index in [4.69, 9.17) is 10.2 Å². The van der Waals surface area contributed by atoms with Gasteiger partial charge in [0.15, 0.2) is 5.76 Å². The van der Waals surface area contributed by atoms with Gasteiger partial charge in [-0.05, 0) is 12.1 Å². The normalized spacial score (nSPS) is 10.9. The van der Waals surface area contributed by atoms with Gasteiger partial charge in [0.2, 0.25) is 0 Å². The molecule has 0 fully saturated rings. The summed E-state index contributed by atoms with van der Waals surface area (Å²) >= 11 is 0. The molecule has 0 atom stereocenters. The van der Waals surface area contributed by atoms with Crippen molar-refractivity contribution < 1.29 is 4.42 Å². The second-order valence-electron chi connectivity index (χ2n) is 4.10. The molecule has 18 heavy (non-hydrogen) atoms. The number of anilines is 1. The largest absolute Gasteiger partial charge is 0.454 e. The molecule has 0 aliphatic rings. The Morgan fingerprint density at radius 2 is 2.00 bits per heavy atom. The zero-order valence-corrected chi connectivity index (χ0v) is 10.1. The van der Waals surface area contributed by atoms with Crippen LogP contribution >= 0.6 is 0 Å². The minimum Gasteiger partial charge on any atom is -0.454 e. The zero-order chi connectivity index (χ0) is 12.5. The van der Waals surface area contributed by atoms with E-state index in [-0.39, 0.29) is 0 Å². The first-order chi connectivity index (χ1) is 8.76. The molecule has 0 aliphatic heterocycles. The molecule has 0 radical (unpaired) electrons. The number of aryl methyl sites for hydroxylation is 1. The van der Waals surface area contributed by atoms with Crippen LogP contribution in [0.2, 0.25) is 0 Å². The molecule has 4 heteroatoms. The number of hydrogen-bond donors (Lipinski definition) is 1. The average molecular weight is 239 g/mol. The monoisotopic (exact) mass is 239 g/mol. The molecule has 4 nitrogen and oxygen atoms in total. The molecule has 0 unspecified atom stereocenters. The highest BCUT2D eigenvalue weighted by molar-refractivity contribution is 5.82. The SMILES string of the molecule is CCc1nc(N)cc(-c2cc3ccccc3o2)n1. The van der Waals surface area contributed by atoms with Crippen molar-refractivity contribution in [1.29, 1.82) is 0 Å². The first-order valence-electron chi connectivity index (χ1n) is 5.88. The Bertz CT molecular complexity index is 670. The fourth-order valence-electron chi connectivity index (χ4n) is 1.91. The molecule has 90 valence electrons. The van der Waals surface area contributed by atoms with Crippen molar-refractivity contribution in [2.75, 3.05) is 5.73 Å². The molecule has 2 N–H and O–H groups in total. The van der Waals surface area contributed by atoms with Gasteiger partial charge in [0, 0.05) is 17.9 Å². The number of rotatable bonds is 2. The van der Waals surface area contributed by atoms with Crippen LogP contribution in [0.25, 0.3) is 22.4 Å². The van der Waals surface area contributed by atoms with Gasteiger partial charge in [-0.25, -0.2) is 9.97 Å². The van der Waals surface area contributed by atoms with E-state index in [0.29, 0.717) is 5.82 Å². The van der Waals surface area contributed by atoms with Crippen LogP contribution in [-0.4, -0.2) is 9.97 Å². The summed E-state index contributed by atoms with van der Waals surface area (Å²) in [6, 6.07) is 11.6. The second kappa shape index (κ2) is 4.14. The van der Waals surface area contributed by atoms with Gasteiger partial charge in [0.25, 0.3) is 0 Å². The number of fused-ring (bicyclic) bond motifs is 1. The summed E-state index contributed by atoms with van der Waals surface area (Å²) in [7, 11) is 0. The first-order valence-corrected chi connectivity index (χ1v) is 5.88. The van der Waals surface area contributed by atoms with Gasteiger partial charge >= 0.3 is 0 Å². The van der Waals surface area contributed by atoms with Gasteiger partial charge in [0.1, 0.15) is 22.9 Å². The van der Waals surface area contributed by atoms with Gasteiger partial charge in [-0.3, -0.25) is 0 Å². The lowest BCUT2D eigenvalue weighted by molar-refractivity contribution is 0.627. The summed E-state index contributed by atoms with van der Waals surface area (Å²) in [6.45, 7) is 2.00. The minimum atomic E-state index is 0.470. The number of para-hydroxylation sites is 1. The molecule has 3 rings (SSSR count). The highest BCUT2D eigenvalue weighted by Crippen LogP contribution is 2.27. The lowest BCUT2D eigenvalue weighted by atomic mass is 10.2. The quantitative estimate of drug-likeness (QED) is 0.746. The molecule has 0 saturated heterocycles. The van der Waals surface area contributed by atoms with Crippen molar-refractivity contribution in [3.8, 4) is 11.5 Å². The van der Waals surface area contributed by atoms with E-state index in [1.165, 1.54) is 0 Å². The van der Waals surface area contributed by atoms with Crippen molar-refractivity contribution in [2.45, 2.75) is 13.3 Å². The first kappa shape index (κ1) is 10.8. The highest BCUT2D eigenvalue weighted by atomic mass is 16.3. The predicted molar refractivity (Wildman–Crippen MR) is 71.0 cm³/mol. The lowest BCUT2D eigenvalue weighted by Gasteiger charge is -2.01. The van der Waals surface area contributed by atoms with Gasteiger partial charge < -0.3 is 10.2 Å². The molecule has 0 spiro atoms. The summed E-state index contributed by atoms with van der Waals surface area (Å²) < 4.78 is 5.76. The third kappa shape index (κ3) is 1.82. The number of hydrogen-bond acceptors (Lipinski definition) is 4. The maximum Gasteiger partial charge on any atom is 0.154 e. The van der Waals surface area contributed by atoms with Crippen molar-refractivity contribution in [3.05, 3.63) is 42.2 Å². The van der Waals surface area contributed by atoms with Crippen molar-refractivity contribution in [3.63, 3.8) is 0 Å². The van der Waals surface area contributed by atoms with Crippen molar-refractivity contribution >= 4 is 16.8 Å². The standard InChI is InChI=1S/C14H13N3O/c1-2-14-16-10(8-13(15)17-14)12-7-9-5-3-4-6-11(9)18-12/h3-8H,2H2,1H3,(H2,15,16,17). The number of nitrogen functional groups attached to an aromatic ring is 1. The smallest absolute Gasteiger partial charge is 0.154 e. The van der Waals surface area contributed by atoms with E-state index in [9.17, 15) is 0 Å². The number of benzene rings is 1. The third-order valence-corrected chi connectivity index (χ3v) is 2.79. The number of nitrogens with two attached hydrogens (primary N) is 1. The molecule has 3 aromatic rings. The summed E-state index contributed by atoms with van der Waals surface area (Å²) in [6.07, 6.45) is 0.748. The Balaban J connectivity index is 2.16. The maximum atomic E-state index is 5.77. The Morgan fingerprint density at radius 3 is 2.78 bits per heavy atom. The Hall–Kier alpha value is -2.36. The fourth-order valence-corrected chi connectivity index (χ4v) is 1.91. The average Bonchev–Trinajstić information content (AvgIpc) is 2.81. The van der Waals surface area contributed by atoms with Crippen LogP contribution in [0.4, 0.5) is 5.82 Å². The second-order valence-corrected chi connectivity index (χ2v) is 4.10. The maximum absolute atomic E-state index is 5.77. The molecule has 2 heterocycles. The van der Waals surface area contributed by atoms with E-state index in [1.54, 1.807) is 6.07 Å². The van der Waals surface area contributed by atoms with Crippen molar-refractivity contribution in [2.24, 2.45) is 0 Å². The minimum absolute atomic E-state index is 0.470. The van der Waals surface area contributed by atoms with Crippen LogP contribution in [0.3, 0.4) is 0 Å². The highest BCUT2D eigenvalue weighted by Gasteiger charge is 2.09. The summed E-state index contributed by atoms with van der Waals surface area (Å²) in [5.41, 5.74) is 7.36. The Kier molecular flexibility index (Phi) is 2.48.